The molecule has 1 heterocycles. The average molecular weight is 366 g/mol. The van der Waals surface area contributed by atoms with E-state index >= 15 is 0 Å². The van der Waals surface area contributed by atoms with Crippen molar-refractivity contribution in [2.45, 2.75) is 36.8 Å². The summed E-state index contributed by atoms with van der Waals surface area (Å²) in [6.07, 6.45) is 4.93. The van der Waals surface area contributed by atoms with Crippen LogP contribution in [0.25, 0.3) is 10.8 Å². The van der Waals surface area contributed by atoms with Gasteiger partial charge in [-0.15, -0.1) is 10.2 Å². The predicted molar refractivity (Wildman–Crippen MR) is 106 cm³/mol. The highest BCUT2D eigenvalue weighted by Gasteiger charge is 2.23. The summed E-state index contributed by atoms with van der Waals surface area (Å²) in [5.74, 6) is 1.86. The third-order valence-electron chi connectivity index (χ3n) is 4.98. The minimum absolute atomic E-state index is 0.0308. The van der Waals surface area contributed by atoms with E-state index < -0.39 is 0 Å². The van der Waals surface area contributed by atoms with Crippen LogP contribution in [0.4, 0.5) is 5.69 Å². The molecule has 6 heteroatoms. The van der Waals surface area contributed by atoms with E-state index in [1.807, 2.05) is 54.1 Å². The van der Waals surface area contributed by atoms with Crippen molar-refractivity contribution in [1.29, 1.82) is 0 Å². The monoisotopic (exact) mass is 366 g/mol. The second kappa shape index (κ2) is 7.50. The zero-order valence-corrected chi connectivity index (χ0v) is 15.6. The van der Waals surface area contributed by atoms with Gasteiger partial charge in [0, 0.05) is 24.0 Å². The lowest BCUT2D eigenvalue weighted by Gasteiger charge is -2.10. The topological polar surface area (TPSA) is 59.8 Å². The minimum atomic E-state index is -0.0308. The van der Waals surface area contributed by atoms with Crippen LogP contribution in [0.2, 0.25) is 0 Å². The number of amides is 1. The third-order valence-corrected chi connectivity index (χ3v) is 6.01. The molecule has 0 saturated heterocycles. The summed E-state index contributed by atoms with van der Waals surface area (Å²) in [4.78, 5) is 12.4. The molecule has 1 aromatic heterocycles. The Bertz CT molecular complexity index is 925. The molecular weight excluding hydrogens is 344 g/mol. The molecule has 1 amide bonds. The molecule has 1 N–H and O–H groups in total. The van der Waals surface area contributed by atoms with Crippen LogP contribution in [0.5, 0.6) is 0 Å². The van der Waals surface area contributed by atoms with Gasteiger partial charge in [0.25, 0.3) is 0 Å². The van der Waals surface area contributed by atoms with Crippen molar-refractivity contribution in [3.8, 4) is 0 Å². The van der Waals surface area contributed by atoms with E-state index in [1.165, 1.54) is 37.4 Å². The highest BCUT2D eigenvalue weighted by molar-refractivity contribution is 7.99. The number of anilines is 1. The lowest BCUT2D eigenvalue weighted by molar-refractivity contribution is -0.113. The van der Waals surface area contributed by atoms with Crippen molar-refractivity contribution >= 4 is 34.1 Å². The van der Waals surface area contributed by atoms with Crippen LogP contribution < -0.4 is 5.32 Å². The van der Waals surface area contributed by atoms with E-state index in [2.05, 4.69) is 15.5 Å². The Balaban J connectivity index is 1.41. The number of carbonyl (C=O) groups excluding carboxylic acids is 1. The van der Waals surface area contributed by atoms with E-state index in [-0.39, 0.29) is 5.91 Å². The molecule has 134 valence electrons. The van der Waals surface area contributed by atoms with E-state index in [0.717, 1.165) is 27.4 Å². The van der Waals surface area contributed by atoms with Crippen LogP contribution in [0, 0.1) is 0 Å². The van der Waals surface area contributed by atoms with Gasteiger partial charge in [0.05, 0.1) is 5.75 Å². The van der Waals surface area contributed by atoms with Gasteiger partial charge >= 0.3 is 0 Å². The number of benzene rings is 2. The SMILES string of the molecule is Cn1c(SCC(=O)Nc2cccc3ccccc23)nnc1C1CCCC1. The lowest BCUT2D eigenvalue weighted by Crippen LogP contribution is -2.14. The molecule has 3 aromatic rings. The first kappa shape index (κ1) is 17.1. The highest BCUT2D eigenvalue weighted by atomic mass is 32.2. The number of nitrogens with zero attached hydrogens (tertiary/aromatic N) is 3. The van der Waals surface area contributed by atoms with Gasteiger partial charge in [0.1, 0.15) is 5.82 Å². The second-order valence-electron chi connectivity index (χ2n) is 6.74. The summed E-state index contributed by atoms with van der Waals surface area (Å²) < 4.78 is 2.05. The molecule has 26 heavy (non-hydrogen) atoms. The fourth-order valence-corrected chi connectivity index (χ4v) is 4.36. The lowest BCUT2D eigenvalue weighted by atomic mass is 10.1. The van der Waals surface area contributed by atoms with Gasteiger partial charge in [-0.25, -0.2) is 0 Å². The molecule has 0 radical (unpaired) electrons. The summed E-state index contributed by atoms with van der Waals surface area (Å²) in [7, 11) is 2.00. The minimum Gasteiger partial charge on any atom is -0.325 e. The molecule has 0 bridgehead atoms. The molecule has 1 aliphatic carbocycles. The van der Waals surface area contributed by atoms with Crippen molar-refractivity contribution in [3.63, 3.8) is 0 Å². The molecule has 1 saturated carbocycles. The van der Waals surface area contributed by atoms with Gasteiger partial charge in [0.2, 0.25) is 5.91 Å². The Hall–Kier alpha value is -2.34. The average Bonchev–Trinajstić information content (AvgIpc) is 3.30. The zero-order valence-electron chi connectivity index (χ0n) is 14.8. The van der Waals surface area contributed by atoms with Gasteiger partial charge < -0.3 is 9.88 Å². The summed E-state index contributed by atoms with van der Waals surface area (Å²) in [5, 5.41) is 14.6. The quantitative estimate of drug-likeness (QED) is 0.682. The summed E-state index contributed by atoms with van der Waals surface area (Å²) in [6, 6.07) is 14.0. The normalized spacial score (nSPS) is 14.8. The standard InChI is InChI=1S/C20H22N4OS/c1-24-19(15-8-2-3-9-15)22-23-20(24)26-13-18(25)21-17-12-6-10-14-7-4-5-11-16(14)17/h4-7,10-12,15H,2-3,8-9,13H2,1H3,(H,21,25). The van der Waals surface area contributed by atoms with Gasteiger partial charge in [-0.1, -0.05) is 61.0 Å². The smallest absolute Gasteiger partial charge is 0.234 e. The Kier molecular flexibility index (Phi) is 4.93. The van der Waals surface area contributed by atoms with Crippen LogP contribution in [-0.2, 0) is 11.8 Å². The molecule has 0 unspecified atom stereocenters. The number of hydrogen-bond donors (Lipinski definition) is 1. The first-order chi connectivity index (χ1) is 12.7. The predicted octanol–water partition coefficient (Wildman–Crippen LogP) is 4.36. The Morgan fingerprint density at radius 1 is 1.15 bits per heavy atom. The number of rotatable bonds is 5. The van der Waals surface area contributed by atoms with Crippen LogP contribution in [-0.4, -0.2) is 26.4 Å². The molecule has 1 fully saturated rings. The Morgan fingerprint density at radius 3 is 2.77 bits per heavy atom. The van der Waals surface area contributed by atoms with Crippen LogP contribution in [0.15, 0.2) is 47.6 Å². The maximum absolute atomic E-state index is 12.4. The van der Waals surface area contributed by atoms with Crippen LogP contribution in [0.3, 0.4) is 0 Å². The number of aromatic nitrogens is 3. The molecule has 0 aliphatic heterocycles. The van der Waals surface area contributed by atoms with Gasteiger partial charge in [0.15, 0.2) is 5.16 Å². The second-order valence-corrected chi connectivity index (χ2v) is 7.69. The zero-order chi connectivity index (χ0) is 17.9. The first-order valence-corrected chi connectivity index (χ1v) is 10.0. The van der Waals surface area contributed by atoms with Gasteiger partial charge in [-0.3, -0.25) is 4.79 Å². The maximum Gasteiger partial charge on any atom is 0.234 e. The summed E-state index contributed by atoms with van der Waals surface area (Å²) in [5.41, 5.74) is 0.846. The summed E-state index contributed by atoms with van der Waals surface area (Å²) in [6.45, 7) is 0. The maximum atomic E-state index is 12.4. The van der Waals surface area contributed by atoms with Crippen molar-refractivity contribution in [1.82, 2.24) is 14.8 Å². The van der Waals surface area contributed by atoms with Gasteiger partial charge in [-0.2, -0.15) is 0 Å². The van der Waals surface area contributed by atoms with E-state index in [9.17, 15) is 4.79 Å². The van der Waals surface area contributed by atoms with Crippen molar-refractivity contribution < 1.29 is 4.79 Å². The molecule has 0 spiro atoms. The highest BCUT2D eigenvalue weighted by Crippen LogP contribution is 2.34. The molecule has 1 aliphatic rings. The Morgan fingerprint density at radius 2 is 1.92 bits per heavy atom. The molecule has 2 aromatic carbocycles. The number of hydrogen-bond acceptors (Lipinski definition) is 4. The van der Waals surface area contributed by atoms with Crippen LogP contribution in [0.1, 0.15) is 37.4 Å². The van der Waals surface area contributed by atoms with Gasteiger partial charge in [-0.05, 0) is 24.3 Å². The molecule has 0 atom stereocenters. The Labute approximate surface area is 157 Å². The number of nitrogens with one attached hydrogen (secondary N) is 1. The first-order valence-electron chi connectivity index (χ1n) is 9.02. The van der Waals surface area contributed by atoms with Crippen molar-refractivity contribution in [3.05, 3.63) is 48.3 Å². The van der Waals surface area contributed by atoms with E-state index in [1.54, 1.807) is 0 Å². The van der Waals surface area contributed by atoms with E-state index in [0.29, 0.717) is 11.7 Å². The fourth-order valence-electron chi connectivity index (χ4n) is 3.64. The number of fused-ring (bicyclic) bond motifs is 1. The molecule has 4 rings (SSSR count). The largest absolute Gasteiger partial charge is 0.325 e. The fraction of sp³-hybridized carbons (Fsp3) is 0.350. The summed E-state index contributed by atoms with van der Waals surface area (Å²) >= 11 is 1.44. The number of carbonyl (C=O) groups is 1. The third kappa shape index (κ3) is 3.46. The van der Waals surface area contributed by atoms with Crippen molar-refractivity contribution in [2.24, 2.45) is 7.05 Å². The molecule has 5 nitrogen and oxygen atoms in total. The van der Waals surface area contributed by atoms with E-state index in [4.69, 9.17) is 0 Å². The van der Waals surface area contributed by atoms with Crippen molar-refractivity contribution in [2.75, 3.05) is 11.1 Å². The van der Waals surface area contributed by atoms with Crippen LogP contribution >= 0.6 is 11.8 Å². The molecular formula is C20H22N4OS. The number of thioether (sulfide) groups is 1.